The van der Waals surface area contributed by atoms with Crippen molar-refractivity contribution in [3.63, 3.8) is 0 Å². The number of hydrogen-bond acceptors (Lipinski definition) is 3. The molecule has 0 bridgehead atoms. The molecule has 1 rings (SSSR count). The van der Waals surface area contributed by atoms with Crippen molar-refractivity contribution in [2.75, 3.05) is 25.5 Å². The lowest BCUT2D eigenvalue weighted by molar-refractivity contribution is -0.123. The van der Waals surface area contributed by atoms with Gasteiger partial charge in [-0.05, 0) is 63.9 Å². The summed E-state index contributed by atoms with van der Waals surface area (Å²) < 4.78 is 0. The molecule has 0 saturated heterocycles. The number of aryl methyl sites for hydroxylation is 2. The first kappa shape index (κ1) is 16.5. The highest BCUT2D eigenvalue weighted by Gasteiger charge is 2.28. The highest BCUT2D eigenvalue weighted by Crippen LogP contribution is 2.19. The van der Waals surface area contributed by atoms with Crippen LogP contribution in [0.2, 0.25) is 0 Å². The Labute approximate surface area is 122 Å². The maximum atomic E-state index is 11.4. The number of rotatable bonds is 7. The first-order chi connectivity index (χ1) is 9.28. The van der Waals surface area contributed by atoms with Gasteiger partial charge in [0, 0.05) is 19.3 Å². The van der Waals surface area contributed by atoms with E-state index in [0.29, 0.717) is 0 Å². The molecule has 1 aromatic carbocycles. The lowest BCUT2D eigenvalue weighted by Crippen LogP contribution is -2.51. The van der Waals surface area contributed by atoms with Gasteiger partial charge in [-0.2, -0.15) is 0 Å². The number of benzene rings is 1. The van der Waals surface area contributed by atoms with Gasteiger partial charge in [0.05, 0.1) is 5.54 Å². The molecule has 1 atom stereocenters. The van der Waals surface area contributed by atoms with E-state index in [2.05, 4.69) is 49.3 Å². The van der Waals surface area contributed by atoms with Crippen LogP contribution in [0.25, 0.3) is 0 Å². The van der Waals surface area contributed by atoms with Crippen molar-refractivity contribution in [3.8, 4) is 0 Å². The molecular weight excluding hydrogens is 250 g/mol. The molecule has 0 heterocycles. The minimum atomic E-state index is -0.622. The maximum absolute atomic E-state index is 11.4. The fourth-order valence-corrected chi connectivity index (χ4v) is 2.34. The number of carbonyl (C=O) groups excluding carboxylic acids is 1. The monoisotopic (exact) mass is 277 g/mol. The van der Waals surface area contributed by atoms with E-state index in [-0.39, 0.29) is 5.91 Å². The van der Waals surface area contributed by atoms with Crippen LogP contribution in [0.1, 0.15) is 30.9 Å². The van der Waals surface area contributed by atoms with E-state index in [9.17, 15) is 4.79 Å². The quantitative estimate of drug-likeness (QED) is 0.801. The Morgan fingerprint density at radius 1 is 1.30 bits per heavy atom. The Kier molecular flexibility index (Phi) is 5.57. The zero-order chi connectivity index (χ0) is 15.3. The third kappa shape index (κ3) is 4.23. The highest BCUT2D eigenvalue weighted by atomic mass is 16.1. The van der Waals surface area contributed by atoms with Crippen LogP contribution in [0.15, 0.2) is 18.2 Å². The number of nitrogens with zero attached hydrogens (tertiary/aromatic N) is 1. The van der Waals surface area contributed by atoms with Crippen LogP contribution in [0.5, 0.6) is 0 Å². The number of nitrogens with one attached hydrogen (secondary N) is 1. The van der Waals surface area contributed by atoms with E-state index in [4.69, 9.17) is 5.73 Å². The standard InChI is InChI=1S/C16H27N3O/c1-12-9-13(2)11-14(10-12)19(5)8-6-7-16(3,18-4)15(17)20/h9-11,18H,6-8H2,1-5H3,(H2,17,20). The van der Waals surface area contributed by atoms with Gasteiger partial charge in [-0.15, -0.1) is 0 Å². The van der Waals surface area contributed by atoms with E-state index < -0.39 is 5.54 Å². The van der Waals surface area contributed by atoms with Crippen LogP contribution in [0.3, 0.4) is 0 Å². The molecule has 1 unspecified atom stereocenters. The van der Waals surface area contributed by atoms with Crippen molar-refractivity contribution in [1.82, 2.24) is 5.32 Å². The Hall–Kier alpha value is -1.55. The van der Waals surface area contributed by atoms with Crippen molar-refractivity contribution in [2.24, 2.45) is 5.73 Å². The topological polar surface area (TPSA) is 58.4 Å². The van der Waals surface area contributed by atoms with Crippen LogP contribution in [0.4, 0.5) is 5.69 Å². The zero-order valence-electron chi connectivity index (χ0n) is 13.3. The van der Waals surface area contributed by atoms with Gasteiger partial charge in [0.15, 0.2) is 0 Å². The number of amides is 1. The van der Waals surface area contributed by atoms with E-state index in [1.165, 1.54) is 16.8 Å². The maximum Gasteiger partial charge on any atom is 0.237 e. The summed E-state index contributed by atoms with van der Waals surface area (Å²) in [6.07, 6.45) is 1.64. The predicted molar refractivity (Wildman–Crippen MR) is 85.1 cm³/mol. The summed E-state index contributed by atoms with van der Waals surface area (Å²) in [5.74, 6) is -0.297. The third-order valence-corrected chi connectivity index (χ3v) is 3.91. The minimum absolute atomic E-state index is 0.297. The highest BCUT2D eigenvalue weighted by molar-refractivity contribution is 5.84. The van der Waals surface area contributed by atoms with Crippen molar-refractivity contribution in [1.29, 1.82) is 0 Å². The molecular formula is C16H27N3O. The lowest BCUT2D eigenvalue weighted by atomic mass is 9.95. The fourth-order valence-electron chi connectivity index (χ4n) is 2.34. The van der Waals surface area contributed by atoms with E-state index in [1.807, 2.05) is 6.92 Å². The summed E-state index contributed by atoms with van der Waals surface area (Å²) in [6.45, 7) is 6.96. The molecule has 4 nitrogen and oxygen atoms in total. The number of carbonyl (C=O) groups is 1. The fraction of sp³-hybridized carbons (Fsp3) is 0.562. The van der Waals surface area contributed by atoms with E-state index in [1.54, 1.807) is 7.05 Å². The molecule has 1 amide bonds. The smallest absolute Gasteiger partial charge is 0.237 e. The van der Waals surface area contributed by atoms with Crippen LogP contribution in [-0.4, -0.2) is 32.1 Å². The van der Waals surface area contributed by atoms with Crippen molar-refractivity contribution >= 4 is 11.6 Å². The van der Waals surface area contributed by atoms with E-state index in [0.717, 1.165) is 19.4 Å². The predicted octanol–water partition coefficient (Wildman–Crippen LogP) is 1.98. The first-order valence-corrected chi connectivity index (χ1v) is 7.07. The lowest BCUT2D eigenvalue weighted by Gasteiger charge is -2.27. The van der Waals surface area contributed by atoms with Crippen molar-refractivity contribution in [2.45, 2.75) is 39.2 Å². The summed E-state index contributed by atoms with van der Waals surface area (Å²) in [5.41, 5.74) is 8.56. The minimum Gasteiger partial charge on any atom is -0.375 e. The molecule has 112 valence electrons. The SMILES string of the molecule is CNC(C)(CCCN(C)c1cc(C)cc(C)c1)C(N)=O. The molecule has 0 aliphatic heterocycles. The van der Waals surface area contributed by atoms with Gasteiger partial charge in [0.25, 0.3) is 0 Å². The second kappa shape index (κ2) is 6.75. The van der Waals surface area contributed by atoms with E-state index >= 15 is 0 Å². The molecule has 0 radical (unpaired) electrons. The molecule has 20 heavy (non-hydrogen) atoms. The average molecular weight is 277 g/mol. The summed E-state index contributed by atoms with van der Waals surface area (Å²) in [4.78, 5) is 13.7. The summed E-state index contributed by atoms with van der Waals surface area (Å²) in [6, 6.07) is 6.53. The third-order valence-electron chi connectivity index (χ3n) is 3.91. The van der Waals surface area contributed by atoms with Gasteiger partial charge < -0.3 is 16.0 Å². The van der Waals surface area contributed by atoms with Crippen molar-refractivity contribution in [3.05, 3.63) is 29.3 Å². The molecule has 0 aliphatic rings. The molecule has 4 heteroatoms. The summed E-state index contributed by atoms with van der Waals surface area (Å²) in [5, 5.41) is 3.02. The second-order valence-electron chi connectivity index (χ2n) is 5.82. The number of hydrogen-bond donors (Lipinski definition) is 2. The first-order valence-electron chi connectivity index (χ1n) is 7.07. The number of nitrogens with two attached hydrogens (primary N) is 1. The van der Waals surface area contributed by atoms with Gasteiger partial charge in [-0.25, -0.2) is 0 Å². The van der Waals surface area contributed by atoms with Gasteiger partial charge in [-0.3, -0.25) is 4.79 Å². The number of likely N-dealkylation sites (N-methyl/N-ethyl adjacent to an activating group) is 1. The average Bonchev–Trinajstić information content (AvgIpc) is 2.36. The molecule has 1 aromatic rings. The summed E-state index contributed by atoms with van der Waals surface area (Å²) in [7, 11) is 3.85. The van der Waals surface area contributed by atoms with Crippen molar-refractivity contribution < 1.29 is 4.79 Å². The van der Waals surface area contributed by atoms with Gasteiger partial charge in [-0.1, -0.05) is 6.07 Å². The summed E-state index contributed by atoms with van der Waals surface area (Å²) >= 11 is 0. The van der Waals surface area contributed by atoms with Gasteiger partial charge >= 0.3 is 0 Å². The normalized spacial score (nSPS) is 13.8. The molecule has 0 spiro atoms. The molecule has 0 fully saturated rings. The Morgan fingerprint density at radius 2 is 1.85 bits per heavy atom. The van der Waals surface area contributed by atoms with Crippen LogP contribution >= 0.6 is 0 Å². The van der Waals surface area contributed by atoms with Crippen LogP contribution in [0, 0.1) is 13.8 Å². The molecule has 0 aliphatic carbocycles. The Morgan fingerprint density at radius 3 is 2.30 bits per heavy atom. The number of primary amides is 1. The molecule has 0 saturated carbocycles. The Bertz CT molecular complexity index is 453. The van der Waals surface area contributed by atoms with Gasteiger partial charge in [0.2, 0.25) is 5.91 Å². The Balaban J connectivity index is 2.59. The molecule has 3 N–H and O–H groups in total. The molecule has 0 aromatic heterocycles. The van der Waals surface area contributed by atoms with Gasteiger partial charge in [0.1, 0.15) is 0 Å². The number of anilines is 1. The van der Waals surface area contributed by atoms with Crippen LogP contribution < -0.4 is 16.0 Å². The largest absolute Gasteiger partial charge is 0.375 e. The zero-order valence-corrected chi connectivity index (χ0v) is 13.3. The second-order valence-corrected chi connectivity index (χ2v) is 5.82. The van der Waals surface area contributed by atoms with Crippen LogP contribution in [-0.2, 0) is 4.79 Å².